The number of unbranched alkanes of at least 4 members (excludes halogenated alkanes) is 1. The highest BCUT2D eigenvalue weighted by molar-refractivity contribution is 8.47. The standard InChI is InChI=1S/C16H23NS4/c1-5-6-9-19-15(18)21-14(10-16(3,4)11-17)13-8-7-12(2)20-13/h7-8,14H,5-6,9-10H2,1-4H3. The predicted octanol–water partition coefficient (Wildman–Crippen LogP) is 6.59. The van der Waals surface area contributed by atoms with Crippen molar-refractivity contribution in [3.05, 3.63) is 21.9 Å². The van der Waals surface area contributed by atoms with Crippen LogP contribution >= 0.6 is 47.1 Å². The van der Waals surface area contributed by atoms with Crippen molar-refractivity contribution in [2.75, 3.05) is 5.75 Å². The third-order valence-electron chi connectivity index (χ3n) is 3.03. The van der Waals surface area contributed by atoms with E-state index in [1.807, 2.05) is 25.2 Å². The molecule has 0 spiro atoms. The minimum absolute atomic E-state index is 0.292. The lowest BCUT2D eigenvalue weighted by Crippen LogP contribution is -2.12. The smallest absolute Gasteiger partial charge is 0.104 e. The summed E-state index contributed by atoms with van der Waals surface area (Å²) in [6.45, 7) is 8.34. The summed E-state index contributed by atoms with van der Waals surface area (Å²) in [5.74, 6) is 1.10. The second kappa shape index (κ2) is 9.19. The van der Waals surface area contributed by atoms with Crippen LogP contribution in [0.1, 0.15) is 55.0 Å². The molecule has 1 rings (SSSR count). The Morgan fingerprint density at radius 1 is 1.48 bits per heavy atom. The fourth-order valence-electron chi connectivity index (χ4n) is 1.79. The molecule has 0 aliphatic carbocycles. The molecule has 0 fully saturated rings. The molecule has 0 saturated carbocycles. The number of nitriles is 1. The average molecular weight is 358 g/mol. The molecule has 1 aromatic heterocycles. The summed E-state index contributed by atoms with van der Waals surface area (Å²) in [7, 11) is 0. The van der Waals surface area contributed by atoms with E-state index in [0.29, 0.717) is 5.25 Å². The molecule has 0 aliphatic rings. The number of nitrogens with zero attached hydrogens (tertiary/aromatic N) is 1. The summed E-state index contributed by atoms with van der Waals surface area (Å²) in [6.07, 6.45) is 3.25. The van der Waals surface area contributed by atoms with Crippen LogP contribution in [0.25, 0.3) is 0 Å². The van der Waals surface area contributed by atoms with Gasteiger partial charge in [0.1, 0.15) is 3.53 Å². The Bertz CT molecular complexity index is 499. The molecular weight excluding hydrogens is 334 g/mol. The second-order valence-corrected chi connectivity index (χ2v) is 10.5. The van der Waals surface area contributed by atoms with Crippen LogP contribution in [0.4, 0.5) is 0 Å². The minimum Gasteiger partial charge on any atom is -0.198 e. The highest BCUT2D eigenvalue weighted by atomic mass is 32.2. The number of aryl methyl sites for hydroxylation is 1. The molecule has 0 radical (unpaired) electrons. The lowest BCUT2D eigenvalue weighted by molar-refractivity contribution is 0.450. The van der Waals surface area contributed by atoms with Gasteiger partial charge < -0.3 is 0 Å². The zero-order chi connectivity index (χ0) is 15.9. The predicted molar refractivity (Wildman–Crippen MR) is 103 cm³/mol. The zero-order valence-corrected chi connectivity index (χ0v) is 16.4. The number of hydrogen-bond acceptors (Lipinski definition) is 5. The summed E-state index contributed by atoms with van der Waals surface area (Å²) < 4.78 is 1.01. The molecule has 116 valence electrons. The van der Waals surface area contributed by atoms with Gasteiger partial charge in [0.05, 0.1) is 11.5 Å². The van der Waals surface area contributed by atoms with Gasteiger partial charge in [0.2, 0.25) is 0 Å². The van der Waals surface area contributed by atoms with E-state index in [2.05, 4.69) is 32.0 Å². The lowest BCUT2D eigenvalue weighted by atomic mass is 9.89. The molecule has 1 aromatic rings. The quantitative estimate of drug-likeness (QED) is 0.406. The number of thiocarbonyl (C=S) groups is 1. The van der Waals surface area contributed by atoms with Crippen molar-refractivity contribution in [2.45, 2.75) is 52.2 Å². The van der Waals surface area contributed by atoms with Crippen LogP contribution < -0.4 is 0 Å². The van der Waals surface area contributed by atoms with E-state index >= 15 is 0 Å². The van der Waals surface area contributed by atoms with E-state index in [1.165, 1.54) is 22.6 Å². The van der Waals surface area contributed by atoms with Gasteiger partial charge in [-0.3, -0.25) is 0 Å². The van der Waals surface area contributed by atoms with Gasteiger partial charge in [0.25, 0.3) is 0 Å². The van der Waals surface area contributed by atoms with Gasteiger partial charge in [0.15, 0.2) is 0 Å². The molecule has 5 heteroatoms. The van der Waals surface area contributed by atoms with E-state index in [4.69, 9.17) is 12.2 Å². The van der Waals surface area contributed by atoms with Crippen LogP contribution in [-0.2, 0) is 0 Å². The first kappa shape index (κ1) is 19.0. The largest absolute Gasteiger partial charge is 0.198 e. The second-order valence-electron chi connectivity index (χ2n) is 5.71. The molecule has 1 heterocycles. The maximum absolute atomic E-state index is 9.31. The summed E-state index contributed by atoms with van der Waals surface area (Å²) in [5, 5.41) is 9.60. The Labute approximate surface area is 146 Å². The SMILES string of the molecule is CCCCSC(=S)SC(CC(C)(C)C#N)c1ccc(C)s1. The minimum atomic E-state index is -0.320. The van der Waals surface area contributed by atoms with Crippen molar-refractivity contribution < 1.29 is 0 Å². The molecule has 0 aromatic carbocycles. The maximum Gasteiger partial charge on any atom is 0.104 e. The van der Waals surface area contributed by atoms with Crippen LogP contribution in [0, 0.1) is 23.7 Å². The average Bonchev–Trinajstić information content (AvgIpc) is 2.85. The lowest BCUT2D eigenvalue weighted by Gasteiger charge is -2.22. The maximum atomic E-state index is 9.31. The fourth-order valence-corrected chi connectivity index (χ4v) is 5.93. The monoisotopic (exact) mass is 357 g/mol. The summed E-state index contributed by atoms with van der Waals surface area (Å²) in [4.78, 5) is 2.65. The van der Waals surface area contributed by atoms with Gasteiger partial charge in [-0.15, -0.1) is 23.1 Å². The molecule has 0 N–H and O–H groups in total. The zero-order valence-electron chi connectivity index (χ0n) is 13.1. The summed E-state index contributed by atoms with van der Waals surface area (Å²) in [6, 6.07) is 6.75. The summed E-state index contributed by atoms with van der Waals surface area (Å²) in [5.41, 5.74) is -0.320. The van der Waals surface area contributed by atoms with Crippen molar-refractivity contribution in [3.8, 4) is 6.07 Å². The molecular formula is C16H23NS4. The van der Waals surface area contributed by atoms with Gasteiger partial charge in [-0.2, -0.15) is 5.26 Å². The number of hydrogen-bond donors (Lipinski definition) is 0. The van der Waals surface area contributed by atoms with Crippen LogP contribution in [0.3, 0.4) is 0 Å². The fraction of sp³-hybridized carbons (Fsp3) is 0.625. The first-order valence-corrected chi connectivity index (χ1v) is 10.3. The molecule has 1 atom stereocenters. The molecule has 0 aliphatic heterocycles. The van der Waals surface area contributed by atoms with Gasteiger partial charge in [-0.25, -0.2) is 0 Å². The highest BCUT2D eigenvalue weighted by Crippen LogP contribution is 2.44. The molecule has 0 amide bonds. The van der Waals surface area contributed by atoms with Crippen molar-refractivity contribution in [1.29, 1.82) is 5.26 Å². The number of thiophene rings is 1. The van der Waals surface area contributed by atoms with Crippen LogP contribution in [-0.4, -0.2) is 9.28 Å². The molecule has 1 nitrogen and oxygen atoms in total. The first-order valence-electron chi connectivity index (χ1n) is 7.19. The van der Waals surface area contributed by atoms with Gasteiger partial charge in [-0.05, 0) is 51.5 Å². The van der Waals surface area contributed by atoms with Crippen molar-refractivity contribution in [2.24, 2.45) is 5.41 Å². The number of thioether (sulfide) groups is 2. The van der Waals surface area contributed by atoms with Crippen LogP contribution in [0.2, 0.25) is 0 Å². The van der Waals surface area contributed by atoms with E-state index in [-0.39, 0.29) is 5.41 Å². The molecule has 0 saturated heterocycles. The Balaban J connectivity index is 2.73. The normalized spacial score (nSPS) is 12.9. The Morgan fingerprint density at radius 2 is 2.19 bits per heavy atom. The van der Waals surface area contributed by atoms with Gasteiger partial charge in [-0.1, -0.05) is 37.3 Å². The Kier molecular flexibility index (Phi) is 8.33. The van der Waals surface area contributed by atoms with Crippen molar-refractivity contribution in [3.63, 3.8) is 0 Å². The topological polar surface area (TPSA) is 23.8 Å². The van der Waals surface area contributed by atoms with E-state index in [9.17, 15) is 5.26 Å². The van der Waals surface area contributed by atoms with E-state index < -0.39 is 0 Å². The van der Waals surface area contributed by atoms with Crippen molar-refractivity contribution >= 4 is 50.6 Å². The molecule has 1 unspecified atom stereocenters. The third-order valence-corrected chi connectivity index (χ3v) is 7.21. The first-order chi connectivity index (χ1) is 9.88. The van der Waals surface area contributed by atoms with Gasteiger partial charge >= 0.3 is 0 Å². The molecule has 21 heavy (non-hydrogen) atoms. The third kappa shape index (κ3) is 7.19. The van der Waals surface area contributed by atoms with Crippen molar-refractivity contribution in [1.82, 2.24) is 0 Å². The molecule has 0 bridgehead atoms. The Hall–Kier alpha value is -0.0200. The Morgan fingerprint density at radius 3 is 2.71 bits per heavy atom. The van der Waals surface area contributed by atoms with Crippen LogP contribution in [0.5, 0.6) is 0 Å². The number of rotatable bonds is 7. The van der Waals surface area contributed by atoms with E-state index in [0.717, 1.165) is 15.7 Å². The van der Waals surface area contributed by atoms with Gasteiger partial charge in [0, 0.05) is 15.0 Å². The summed E-state index contributed by atoms with van der Waals surface area (Å²) >= 11 is 10.9. The van der Waals surface area contributed by atoms with Crippen LogP contribution in [0.15, 0.2) is 12.1 Å². The highest BCUT2D eigenvalue weighted by Gasteiger charge is 2.26. The van der Waals surface area contributed by atoms with E-state index in [1.54, 1.807) is 23.5 Å².